The van der Waals surface area contributed by atoms with Gasteiger partial charge in [0.15, 0.2) is 6.10 Å². The van der Waals surface area contributed by atoms with E-state index < -0.39 is 6.10 Å². The van der Waals surface area contributed by atoms with Crippen molar-refractivity contribution in [1.82, 2.24) is 15.1 Å². The molecule has 7 nitrogen and oxygen atoms in total. The number of benzene rings is 2. The van der Waals surface area contributed by atoms with Crippen LogP contribution in [0.25, 0.3) is 0 Å². The van der Waals surface area contributed by atoms with Crippen molar-refractivity contribution < 1.29 is 19.1 Å². The molecular formula is C24H29N3O4. The lowest BCUT2D eigenvalue weighted by atomic mass is 10.1. The molecule has 3 amide bonds. The predicted molar refractivity (Wildman–Crippen MR) is 118 cm³/mol. The molecule has 1 N–H and O–H groups in total. The van der Waals surface area contributed by atoms with Crippen molar-refractivity contribution in [3.05, 3.63) is 65.2 Å². The molecule has 0 aromatic heterocycles. The van der Waals surface area contributed by atoms with Gasteiger partial charge < -0.3 is 19.9 Å². The van der Waals surface area contributed by atoms with Crippen molar-refractivity contribution in [3.8, 4) is 5.75 Å². The van der Waals surface area contributed by atoms with Crippen LogP contribution in [0.5, 0.6) is 5.75 Å². The van der Waals surface area contributed by atoms with Crippen molar-refractivity contribution >= 4 is 17.7 Å². The zero-order chi connectivity index (χ0) is 22.5. The zero-order valence-corrected chi connectivity index (χ0v) is 18.4. The molecule has 1 saturated heterocycles. The Morgan fingerprint density at radius 3 is 2.39 bits per heavy atom. The van der Waals surface area contributed by atoms with Crippen LogP contribution in [0.2, 0.25) is 0 Å². The molecule has 0 radical (unpaired) electrons. The van der Waals surface area contributed by atoms with Gasteiger partial charge in [-0.15, -0.1) is 0 Å². The van der Waals surface area contributed by atoms with Crippen LogP contribution in [0.4, 0.5) is 0 Å². The first-order valence-corrected chi connectivity index (χ1v) is 10.5. The lowest BCUT2D eigenvalue weighted by Gasteiger charge is -2.40. The summed E-state index contributed by atoms with van der Waals surface area (Å²) in [6, 6.07) is 14.2. The van der Waals surface area contributed by atoms with Gasteiger partial charge in [-0.1, -0.05) is 18.2 Å². The summed E-state index contributed by atoms with van der Waals surface area (Å²) in [5, 5.41) is 2.59. The molecule has 1 fully saturated rings. The number of carbonyl (C=O) groups is 3. The number of aryl methyl sites for hydroxylation is 1. The number of amides is 3. The molecule has 164 valence electrons. The third kappa shape index (κ3) is 5.05. The van der Waals surface area contributed by atoms with Gasteiger partial charge >= 0.3 is 0 Å². The molecule has 0 bridgehead atoms. The predicted octanol–water partition coefficient (Wildman–Crippen LogP) is 2.50. The molecular weight excluding hydrogens is 394 g/mol. The number of piperazine rings is 1. The Labute approximate surface area is 183 Å². The minimum absolute atomic E-state index is 0.0179. The number of nitrogens with one attached hydrogen (secondary N) is 1. The summed E-state index contributed by atoms with van der Waals surface area (Å²) in [7, 11) is 1.58. The molecule has 0 aliphatic carbocycles. The molecule has 1 aliphatic heterocycles. The molecule has 7 heteroatoms. The molecule has 3 rings (SSSR count). The Bertz CT molecular complexity index is 961. The highest BCUT2D eigenvalue weighted by Gasteiger charge is 2.33. The van der Waals surface area contributed by atoms with Crippen LogP contribution in [0, 0.1) is 6.92 Å². The standard InChI is InChI=1S/C24H29N3O4/c1-16-14-20(22(28)25-4)10-11-21(16)31-18(3)23(29)27-13-12-26(15-17(27)2)24(30)19-8-6-5-7-9-19/h5-11,14,17-18H,12-13,15H2,1-4H3,(H,25,28)/t17-,18?/m1/s1. The Balaban J connectivity index is 1.61. The highest BCUT2D eigenvalue weighted by atomic mass is 16.5. The van der Waals surface area contributed by atoms with Gasteiger partial charge in [0.25, 0.3) is 17.7 Å². The normalized spacial score (nSPS) is 17.1. The largest absolute Gasteiger partial charge is 0.481 e. The zero-order valence-electron chi connectivity index (χ0n) is 18.4. The molecule has 0 spiro atoms. The maximum absolute atomic E-state index is 13.0. The highest BCUT2D eigenvalue weighted by molar-refractivity contribution is 5.95. The molecule has 0 saturated carbocycles. The van der Waals surface area contributed by atoms with Gasteiger partial charge in [-0.2, -0.15) is 0 Å². The number of carbonyl (C=O) groups excluding carboxylic acids is 3. The summed E-state index contributed by atoms with van der Waals surface area (Å²) >= 11 is 0. The first-order valence-electron chi connectivity index (χ1n) is 10.5. The SMILES string of the molecule is CNC(=O)c1ccc(OC(C)C(=O)N2CCN(C(=O)c3ccccc3)C[C@H]2C)c(C)c1. The van der Waals surface area contributed by atoms with E-state index in [1.165, 1.54) is 0 Å². The Morgan fingerprint density at radius 1 is 1.06 bits per heavy atom. The Kier molecular flexibility index (Phi) is 6.95. The first kappa shape index (κ1) is 22.3. The number of ether oxygens (including phenoxy) is 1. The summed E-state index contributed by atoms with van der Waals surface area (Å²) in [6.45, 7) is 6.93. The fraction of sp³-hybridized carbons (Fsp3) is 0.375. The molecule has 1 heterocycles. The molecule has 1 unspecified atom stereocenters. The van der Waals surface area contributed by atoms with Crippen molar-refractivity contribution in [2.24, 2.45) is 0 Å². The van der Waals surface area contributed by atoms with Crippen LogP contribution in [-0.4, -0.2) is 66.3 Å². The monoisotopic (exact) mass is 423 g/mol. The Hall–Kier alpha value is -3.35. The fourth-order valence-corrected chi connectivity index (χ4v) is 3.77. The number of hydrogen-bond acceptors (Lipinski definition) is 4. The third-order valence-corrected chi connectivity index (χ3v) is 5.53. The van der Waals surface area contributed by atoms with Gasteiger partial charge in [-0.25, -0.2) is 0 Å². The first-order chi connectivity index (χ1) is 14.8. The van der Waals surface area contributed by atoms with Crippen molar-refractivity contribution in [1.29, 1.82) is 0 Å². The van der Waals surface area contributed by atoms with E-state index in [4.69, 9.17) is 4.74 Å². The van der Waals surface area contributed by atoms with E-state index in [1.807, 2.05) is 32.0 Å². The summed E-state index contributed by atoms with van der Waals surface area (Å²) < 4.78 is 5.92. The van der Waals surface area contributed by atoms with Crippen molar-refractivity contribution in [3.63, 3.8) is 0 Å². The molecule has 2 atom stereocenters. The van der Waals surface area contributed by atoms with Gasteiger partial charge in [0.05, 0.1) is 0 Å². The summed E-state index contributed by atoms with van der Waals surface area (Å²) in [6.07, 6.45) is -0.677. The second-order valence-electron chi connectivity index (χ2n) is 7.82. The minimum Gasteiger partial charge on any atom is -0.481 e. The summed E-state index contributed by atoms with van der Waals surface area (Å²) in [4.78, 5) is 41.1. The second-order valence-corrected chi connectivity index (χ2v) is 7.82. The van der Waals surface area contributed by atoms with Crippen LogP contribution in [-0.2, 0) is 4.79 Å². The van der Waals surface area contributed by atoms with E-state index in [2.05, 4.69) is 5.32 Å². The number of rotatable bonds is 5. The van der Waals surface area contributed by atoms with Crippen LogP contribution >= 0.6 is 0 Å². The van der Waals surface area contributed by atoms with Crippen LogP contribution < -0.4 is 10.1 Å². The molecule has 2 aromatic carbocycles. The summed E-state index contributed by atoms with van der Waals surface area (Å²) in [5.41, 5.74) is 1.98. The van der Waals surface area contributed by atoms with Gasteiger partial charge in [-0.05, 0) is 56.7 Å². The molecule has 1 aliphatic rings. The lowest BCUT2D eigenvalue weighted by Crippen LogP contribution is -2.57. The van der Waals surface area contributed by atoms with E-state index in [1.54, 1.807) is 54.1 Å². The highest BCUT2D eigenvalue weighted by Crippen LogP contribution is 2.22. The van der Waals surface area contributed by atoms with Crippen LogP contribution in [0.3, 0.4) is 0 Å². The van der Waals surface area contributed by atoms with Crippen LogP contribution in [0.15, 0.2) is 48.5 Å². The average Bonchev–Trinajstić information content (AvgIpc) is 2.79. The topological polar surface area (TPSA) is 79.0 Å². The van der Waals surface area contributed by atoms with Crippen LogP contribution in [0.1, 0.15) is 40.1 Å². The van der Waals surface area contributed by atoms with E-state index in [0.717, 1.165) is 5.56 Å². The van der Waals surface area contributed by atoms with Gasteiger partial charge in [0, 0.05) is 43.9 Å². The summed E-state index contributed by atoms with van der Waals surface area (Å²) in [5.74, 6) is 0.263. The fourth-order valence-electron chi connectivity index (χ4n) is 3.77. The van der Waals surface area contributed by atoms with E-state index >= 15 is 0 Å². The van der Waals surface area contributed by atoms with E-state index in [9.17, 15) is 14.4 Å². The van der Waals surface area contributed by atoms with Gasteiger partial charge in [0.1, 0.15) is 5.75 Å². The second kappa shape index (κ2) is 9.64. The molecule has 2 aromatic rings. The molecule has 31 heavy (non-hydrogen) atoms. The number of hydrogen-bond donors (Lipinski definition) is 1. The number of nitrogens with zero attached hydrogens (tertiary/aromatic N) is 2. The van der Waals surface area contributed by atoms with Crippen molar-refractivity contribution in [2.45, 2.75) is 32.9 Å². The maximum atomic E-state index is 13.0. The van der Waals surface area contributed by atoms with Gasteiger partial charge in [-0.3, -0.25) is 14.4 Å². The van der Waals surface area contributed by atoms with Gasteiger partial charge in [0.2, 0.25) is 0 Å². The quantitative estimate of drug-likeness (QED) is 0.802. The lowest BCUT2D eigenvalue weighted by molar-refractivity contribution is -0.142. The smallest absolute Gasteiger partial charge is 0.263 e. The van der Waals surface area contributed by atoms with E-state index in [-0.39, 0.29) is 23.8 Å². The van der Waals surface area contributed by atoms with Crippen molar-refractivity contribution in [2.75, 3.05) is 26.7 Å². The minimum atomic E-state index is -0.677. The third-order valence-electron chi connectivity index (χ3n) is 5.53. The maximum Gasteiger partial charge on any atom is 0.263 e. The average molecular weight is 424 g/mol. The Morgan fingerprint density at radius 2 is 1.77 bits per heavy atom. The van der Waals surface area contributed by atoms with E-state index in [0.29, 0.717) is 36.5 Å².